The molecule has 6 nitrogen and oxygen atoms in total. The summed E-state index contributed by atoms with van der Waals surface area (Å²) in [7, 11) is 1.24. The molecule has 0 unspecified atom stereocenters. The maximum absolute atomic E-state index is 12.7. The number of halogens is 3. The van der Waals surface area contributed by atoms with Crippen LogP contribution in [0.4, 0.5) is 23.7 Å². The average Bonchev–Trinajstić information content (AvgIpc) is 3.40. The molecule has 2 amide bonds. The van der Waals surface area contributed by atoms with E-state index in [2.05, 4.69) is 20.5 Å². The summed E-state index contributed by atoms with van der Waals surface area (Å²) in [6, 6.07) is 0.357. The smallest absolute Gasteiger partial charge is 0.433 e. The summed E-state index contributed by atoms with van der Waals surface area (Å²) >= 11 is 0. The number of likely N-dealkylation sites (tertiary alicyclic amines) is 1. The van der Waals surface area contributed by atoms with Crippen molar-refractivity contribution >= 4 is 11.7 Å². The summed E-state index contributed by atoms with van der Waals surface area (Å²) in [4.78, 5) is 17.9. The molecule has 26 heavy (non-hydrogen) atoms. The number of methoxy groups -OCH3 is 1. The van der Waals surface area contributed by atoms with Crippen molar-refractivity contribution in [2.75, 3.05) is 32.1 Å². The zero-order valence-corrected chi connectivity index (χ0v) is 14.6. The van der Waals surface area contributed by atoms with Gasteiger partial charge in [-0.15, -0.1) is 0 Å². The van der Waals surface area contributed by atoms with Gasteiger partial charge in [-0.2, -0.15) is 13.2 Å². The van der Waals surface area contributed by atoms with E-state index in [1.807, 2.05) is 0 Å². The number of piperidine rings is 1. The van der Waals surface area contributed by atoms with Crippen LogP contribution in [0, 0.1) is 5.92 Å². The monoisotopic (exact) mass is 372 g/mol. The Hall–Kier alpha value is -2.03. The molecule has 1 saturated carbocycles. The number of hydrogen-bond donors (Lipinski definition) is 2. The molecule has 2 aliphatic rings. The minimum Gasteiger partial charge on any atom is -0.494 e. The first kappa shape index (κ1) is 18.8. The predicted molar refractivity (Wildman–Crippen MR) is 90.1 cm³/mol. The molecule has 0 aromatic carbocycles. The van der Waals surface area contributed by atoms with Gasteiger partial charge in [-0.1, -0.05) is 0 Å². The number of pyridine rings is 1. The summed E-state index contributed by atoms with van der Waals surface area (Å²) in [5.41, 5.74) is -0.965. The molecule has 1 aromatic rings. The third-order valence-corrected chi connectivity index (χ3v) is 4.76. The summed E-state index contributed by atoms with van der Waals surface area (Å²) in [6.45, 7) is 3.05. The van der Waals surface area contributed by atoms with Crippen LogP contribution in [0.25, 0.3) is 0 Å². The molecule has 0 spiro atoms. The van der Waals surface area contributed by atoms with E-state index in [0.717, 1.165) is 50.7 Å². The lowest BCUT2D eigenvalue weighted by Crippen LogP contribution is -2.46. The molecule has 0 bridgehead atoms. The lowest BCUT2D eigenvalue weighted by Gasteiger charge is -2.32. The second kappa shape index (κ2) is 7.69. The van der Waals surface area contributed by atoms with Gasteiger partial charge in [-0.05, 0) is 31.6 Å². The highest BCUT2D eigenvalue weighted by Gasteiger charge is 2.33. The maximum atomic E-state index is 12.7. The Morgan fingerprint density at radius 2 is 2.00 bits per heavy atom. The number of carbonyl (C=O) groups excluding carboxylic acids is 1. The van der Waals surface area contributed by atoms with E-state index in [9.17, 15) is 18.0 Å². The second-order valence-electron chi connectivity index (χ2n) is 6.88. The molecule has 1 saturated heterocycles. The molecule has 1 aliphatic carbocycles. The fourth-order valence-corrected chi connectivity index (χ4v) is 3.12. The summed E-state index contributed by atoms with van der Waals surface area (Å²) < 4.78 is 43.0. The number of ether oxygens (including phenoxy) is 1. The number of alkyl halides is 3. The highest BCUT2D eigenvalue weighted by Crippen LogP contribution is 2.33. The van der Waals surface area contributed by atoms with Crippen molar-refractivity contribution in [2.45, 2.75) is 37.9 Å². The van der Waals surface area contributed by atoms with Gasteiger partial charge in [-0.3, -0.25) is 0 Å². The molecule has 1 aromatic heterocycles. The molecule has 0 radical (unpaired) electrons. The SMILES string of the molecule is COc1cc(C(F)(F)F)ncc1NC(=O)NC1CCN(CC2CC2)CC1. The van der Waals surface area contributed by atoms with Crippen molar-refractivity contribution in [1.82, 2.24) is 15.2 Å². The zero-order valence-electron chi connectivity index (χ0n) is 14.6. The molecule has 2 heterocycles. The molecular weight excluding hydrogens is 349 g/mol. The number of nitrogens with one attached hydrogen (secondary N) is 2. The van der Waals surface area contributed by atoms with Gasteiger partial charge in [0.05, 0.1) is 13.3 Å². The summed E-state index contributed by atoms with van der Waals surface area (Å²) in [5.74, 6) is 0.768. The minimum absolute atomic E-state index is 0.0545. The van der Waals surface area contributed by atoms with E-state index in [1.165, 1.54) is 20.0 Å². The van der Waals surface area contributed by atoms with Gasteiger partial charge < -0.3 is 20.3 Å². The van der Waals surface area contributed by atoms with Crippen LogP contribution in [0.15, 0.2) is 12.3 Å². The van der Waals surface area contributed by atoms with Gasteiger partial charge in [-0.25, -0.2) is 9.78 Å². The molecule has 1 aliphatic heterocycles. The van der Waals surface area contributed by atoms with E-state index >= 15 is 0 Å². The normalized spacial score (nSPS) is 19.2. The molecule has 9 heteroatoms. The van der Waals surface area contributed by atoms with Crippen LogP contribution in [0.5, 0.6) is 5.75 Å². The van der Waals surface area contributed by atoms with Crippen molar-refractivity contribution in [2.24, 2.45) is 5.92 Å². The first-order valence-electron chi connectivity index (χ1n) is 8.76. The topological polar surface area (TPSA) is 66.5 Å². The minimum atomic E-state index is -4.57. The molecule has 2 fully saturated rings. The van der Waals surface area contributed by atoms with E-state index in [4.69, 9.17) is 4.74 Å². The van der Waals surface area contributed by atoms with Gasteiger partial charge in [0.15, 0.2) is 0 Å². The first-order chi connectivity index (χ1) is 12.3. The van der Waals surface area contributed by atoms with Gasteiger partial charge in [0.2, 0.25) is 0 Å². The number of carbonyl (C=O) groups is 1. The quantitative estimate of drug-likeness (QED) is 0.834. The van der Waals surface area contributed by atoms with E-state index in [1.54, 1.807) is 0 Å². The van der Waals surface area contributed by atoms with Crippen molar-refractivity contribution in [1.29, 1.82) is 0 Å². The number of anilines is 1. The van der Waals surface area contributed by atoms with Crippen LogP contribution < -0.4 is 15.4 Å². The van der Waals surface area contributed by atoms with Gasteiger partial charge in [0.1, 0.15) is 17.1 Å². The lowest BCUT2D eigenvalue weighted by molar-refractivity contribution is -0.141. The molecular formula is C17H23F3N4O2. The molecule has 0 atom stereocenters. The van der Waals surface area contributed by atoms with Crippen LogP contribution >= 0.6 is 0 Å². The molecule has 3 rings (SSSR count). The van der Waals surface area contributed by atoms with Crippen molar-refractivity contribution in [3.05, 3.63) is 18.0 Å². The van der Waals surface area contributed by atoms with Gasteiger partial charge in [0, 0.05) is 31.7 Å². The number of aromatic nitrogens is 1. The maximum Gasteiger partial charge on any atom is 0.433 e. The number of hydrogen-bond acceptors (Lipinski definition) is 4. The van der Waals surface area contributed by atoms with Crippen LogP contribution in [0.3, 0.4) is 0 Å². The highest BCUT2D eigenvalue weighted by molar-refractivity contribution is 5.90. The Bertz CT molecular complexity index is 641. The highest BCUT2D eigenvalue weighted by atomic mass is 19.4. The number of rotatable bonds is 5. The third-order valence-electron chi connectivity index (χ3n) is 4.76. The predicted octanol–water partition coefficient (Wildman–Crippen LogP) is 3.10. The van der Waals surface area contributed by atoms with Crippen molar-refractivity contribution in [3.63, 3.8) is 0 Å². The van der Waals surface area contributed by atoms with E-state index in [0.29, 0.717) is 0 Å². The third kappa shape index (κ3) is 5.00. The number of amides is 2. The summed E-state index contributed by atoms with van der Waals surface area (Å²) in [5, 5.41) is 5.39. The Morgan fingerprint density at radius 3 is 2.58 bits per heavy atom. The Labute approximate surface area is 150 Å². The number of nitrogens with zero attached hydrogens (tertiary/aromatic N) is 2. The lowest BCUT2D eigenvalue weighted by atomic mass is 10.0. The van der Waals surface area contributed by atoms with Crippen LogP contribution in [-0.4, -0.2) is 48.7 Å². The van der Waals surface area contributed by atoms with Crippen LogP contribution in [0.2, 0.25) is 0 Å². The van der Waals surface area contributed by atoms with E-state index < -0.39 is 17.9 Å². The van der Waals surface area contributed by atoms with E-state index in [-0.39, 0.29) is 17.5 Å². The largest absolute Gasteiger partial charge is 0.494 e. The Kier molecular flexibility index (Phi) is 5.55. The van der Waals surface area contributed by atoms with Crippen LogP contribution in [-0.2, 0) is 6.18 Å². The Balaban J connectivity index is 1.51. The second-order valence-corrected chi connectivity index (χ2v) is 6.88. The summed E-state index contributed by atoms with van der Waals surface area (Å²) in [6.07, 6.45) is 0.764. The van der Waals surface area contributed by atoms with Crippen LogP contribution in [0.1, 0.15) is 31.4 Å². The van der Waals surface area contributed by atoms with Crippen molar-refractivity contribution < 1.29 is 22.7 Å². The number of urea groups is 1. The fourth-order valence-electron chi connectivity index (χ4n) is 3.12. The van der Waals surface area contributed by atoms with Gasteiger partial charge >= 0.3 is 12.2 Å². The average molecular weight is 372 g/mol. The first-order valence-corrected chi connectivity index (χ1v) is 8.76. The van der Waals surface area contributed by atoms with Crippen molar-refractivity contribution in [3.8, 4) is 5.75 Å². The molecule has 2 N–H and O–H groups in total. The zero-order chi connectivity index (χ0) is 18.7. The van der Waals surface area contributed by atoms with Gasteiger partial charge in [0.25, 0.3) is 0 Å². The fraction of sp³-hybridized carbons (Fsp3) is 0.647. The molecule has 144 valence electrons. The Morgan fingerprint density at radius 1 is 1.31 bits per heavy atom. The standard InChI is InChI=1S/C17H23F3N4O2/c1-26-14-8-15(17(18,19)20)21-9-13(14)23-16(25)22-12-4-6-24(7-5-12)10-11-2-3-11/h8-9,11-12H,2-7,10H2,1H3,(H2,22,23,25).